The maximum Gasteiger partial charge on any atom is 0.329 e. The van der Waals surface area contributed by atoms with Gasteiger partial charge in [0, 0.05) is 11.8 Å². The molecule has 0 aliphatic rings. The summed E-state index contributed by atoms with van der Waals surface area (Å²) in [6, 6.07) is 3.11. The van der Waals surface area contributed by atoms with E-state index in [1.54, 1.807) is 18.2 Å². The van der Waals surface area contributed by atoms with Gasteiger partial charge in [0.25, 0.3) is 5.91 Å². The zero-order chi connectivity index (χ0) is 20.4. The summed E-state index contributed by atoms with van der Waals surface area (Å²) >= 11 is 1.51. The molecule has 10 heteroatoms. The molecule has 1 rings (SSSR count). The van der Waals surface area contributed by atoms with Gasteiger partial charge in [-0.05, 0) is 37.5 Å². The van der Waals surface area contributed by atoms with Crippen LogP contribution in [-0.2, 0) is 14.3 Å². The number of carbonyl (C=O) groups is 3. The number of methoxy groups -OCH3 is 2. The number of rotatable bonds is 10. The van der Waals surface area contributed by atoms with E-state index in [0.29, 0.717) is 29.4 Å². The molecule has 0 aromatic heterocycles. The van der Waals surface area contributed by atoms with Crippen LogP contribution in [-0.4, -0.2) is 56.3 Å². The third kappa shape index (κ3) is 7.26. The summed E-state index contributed by atoms with van der Waals surface area (Å²) in [5.74, 6) is 0.328. The van der Waals surface area contributed by atoms with Gasteiger partial charge < -0.3 is 30.6 Å². The number of benzene rings is 1. The fourth-order valence-electron chi connectivity index (χ4n) is 2.12. The summed E-state index contributed by atoms with van der Waals surface area (Å²) in [5.41, 5.74) is 5.53. The van der Waals surface area contributed by atoms with Gasteiger partial charge in [0.1, 0.15) is 6.04 Å². The number of hydrogen-bond acceptors (Lipinski definition) is 7. The van der Waals surface area contributed by atoms with E-state index in [9.17, 15) is 14.4 Å². The van der Waals surface area contributed by atoms with Crippen LogP contribution in [0.25, 0.3) is 0 Å². The van der Waals surface area contributed by atoms with E-state index >= 15 is 0 Å². The predicted octanol–water partition coefficient (Wildman–Crippen LogP) is 1.36. The molecular weight excluding hydrogens is 374 g/mol. The Bertz CT molecular complexity index is 670. The minimum absolute atomic E-state index is 0.340. The van der Waals surface area contributed by atoms with Crippen LogP contribution in [0.1, 0.15) is 13.3 Å². The van der Waals surface area contributed by atoms with Crippen LogP contribution in [0.4, 0.5) is 10.5 Å². The van der Waals surface area contributed by atoms with Crippen LogP contribution >= 0.6 is 11.8 Å². The number of anilines is 1. The second-order valence-electron chi connectivity index (χ2n) is 5.48. The summed E-state index contributed by atoms with van der Waals surface area (Å²) in [6.45, 7) is 1.43. The van der Waals surface area contributed by atoms with Crippen LogP contribution in [0.3, 0.4) is 0 Å². The summed E-state index contributed by atoms with van der Waals surface area (Å²) in [4.78, 5) is 35.5. The Balaban J connectivity index is 2.71. The first-order valence-corrected chi connectivity index (χ1v) is 9.50. The quantitative estimate of drug-likeness (QED) is 0.507. The molecular formula is C17H25N3O6S. The summed E-state index contributed by atoms with van der Waals surface area (Å²) in [5, 5.41) is 4.95. The molecule has 0 unspecified atom stereocenters. The highest BCUT2D eigenvalue weighted by Gasteiger charge is 2.25. The largest absolute Gasteiger partial charge is 0.493 e. The third-order valence-electron chi connectivity index (χ3n) is 3.52. The van der Waals surface area contributed by atoms with E-state index in [1.807, 2.05) is 6.26 Å². The zero-order valence-corrected chi connectivity index (χ0v) is 16.6. The molecule has 0 bridgehead atoms. The van der Waals surface area contributed by atoms with Gasteiger partial charge in [-0.15, -0.1) is 0 Å². The number of hydrogen-bond donors (Lipinski definition) is 3. The van der Waals surface area contributed by atoms with Crippen LogP contribution in [0.2, 0.25) is 0 Å². The Morgan fingerprint density at radius 3 is 2.41 bits per heavy atom. The van der Waals surface area contributed by atoms with Crippen molar-refractivity contribution in [2.24, 2.45) is 5.73 Å². The van der Waals surface area contributed by atoms with E-state index in [1.165, 1.54) is 32.9 Å². The second-order valence-corrected chi connectivity index (χ2v) is 6.47. The maximum absolute atomic E-state index is 12.3. The fourth-order valence-corrected chi connectivity index (χ4v) is 2.60. The van der Waals surface area contributed by atoms with Crippen molar-refractivity contribution in [1.29, 1.82) is 0 Å². The molecule has 0 heterocycles. The van der Waals surface area contributed by atoms with E-state index in [4.69, 9.17) is 19.9 Å². The van der Waals surface area contributed by atoms with Crippen molar-refractivity contribution in [3.63, 3.8) is 0 Å². The molecule has 27 heavy (non-hydrogen) atoms. The lowest BCUT2D eigenvalue weighted by Crippen LogP contribution is -2.46. The molecule has 1 aromatic rings. The Morgan fingerprint density at radius 1 is 1.19 bits per heavy atom. The van der Waals surface area contributed by atoms with Gasteiger partial charge in [-0.2, -0.15) is 11.8 Å². The molecule has 0 saturated heterocycles. The number of nitrogens with one attached hydrogen (secondary N) is 2. The van der Waals surface area contributed by atoms with Gasteiger partial charge in [-0.25, -0.2) is 9.59 Å². The number of esters is 1. The van der Waals surface area contributed by atoms with Crippen LogP contribution in [0.15, 0.2) is 18.2 Å². The molecule has 0 aliphatic heterocycles. The van der Waals surface area contributed by atoms with E-state index in [2.05, 4.69) is 10.6 Å². The normalized spacial score (nSPS) is 12.4. The average Bonchev–Trinajstić information content (AvgIpc) is 2.64. The molecule has 150 valence electrons. The predicted molar refractivity (Wildman–Crippen MR) is 103 cm³/mol. The Kier molecular flexibility index (Phi) is 9.27. The molecule has 9 nitrogen and oxygen atoms in total. The van der Waals surface area contributed by atoms with E-state index in [-0.39, 0.29) is 0 Å². The molecule has 3 amide bonds. The van der Waals surface area contributed by atoms with Crippen molar-refractivity contribution < 1.29 is 28.6 Å². The standard InChI is InChI=1S/C17H25N3O6S/c1-10(26-16(22)12(7-8-27-4)20-17(18)23)15(21)19-11-5-6-13(24-2)14(9-11)25-3/h5-6,9-10,12H,7-8H2,1-4H3,(H,19,21)(H3,18,20,23)/t10-,12+/m0/s1. The highest BCUT2D eigenvalue weighted by Crippen LogP contribution is 2.29. The van der Waals surface area contributed by atoms with Crippen LogP contribution in [0.5, 0.6) is 11.5 Å². The van der Waals surface area contributed by atoms with Gasteiger partial charge >= 0.3 is 12.0 Å². The van der Waals surface area contributed by atoms with Crippen molar-refractivity contribution >= 4 is 35.4 Å². The average molecular weight is 399 g/mol. The van der Waals surface area contributed by atoms with Crippen molar-refractivity contribution in [1.82, 2.24) is 5.32 Å². The monoisotopic (exact) mass is 399 g/mol. The van der Waals surface area contributed by atoms with Crippen LogP contribution in [0, 0.1) is 0 Å². The van der Waals surface area contributed by atoms with Crippen molar-refractivity contribution in [2.45, 2.75) is 25.5 Å². The molecule has 0 aliphatic carbocycles. The molecule has 0 saturated carbocycles. The summed E-state index contributed by atoms with van der Waals surface area (Å²) in [6.07, 6.45) is 1.13. The maximum atomic E-state index is 12.3. The lowest BCUT2D eigenvalue weighted by molar-refractivity contribution is -0.155. The lowest BCUT2D eigenvalue weighted by atomic mass is 10.2. The summed E-state index contributed by atoms with van der Waals surface area (Å²) in [7, 11) is 2.99. The van der Waals surface area contributed by atoms with Gasteiger partial charge in [0.2, 0.25) is 0 Å². The van der Waals surface area contributed by atoms with Crippen molar-refractivity contribution in [3.05, 3.63) is 18.2 Å². The molecule has 0 fully saturated rings. The lowest BCUT2D eigenvalue weighted by Gasteiger charge is -2.19. The summed E-state index contributed by atoms with van der Waals surface area (Å²) < 4.78 is 15.5. The first-order valence-electron chi connectivity index (χ1n) is 8.10. The molecule has 0 radical (unpaired) electrons. The number of urea groups is 1. The molecule has 4 N–H and O–H groups in total. The van der Waals surface area contributed by atoms with Gasteiger partial charge in [0.15, 0.2) is 17.6 Å². The number of amides is 3. The van der Waals surface area contributed by atoms with Crippen molar-refractivity contribution in [3.8, 4) is 11.5 Å². The Morgan fingerprint density at radius 2 is 1.85 bits per heavy atom. The molecule has 2 atom stereocenters. The smallest absolute Gasteiger partial charge is 0.329 e. The van der Waals surface area contributed by atoms with E-state index < -0.39 is 30.1 Å². The topological polar surface area (TPSA) is 129 Å². The number of ether oxygens (including phenoxy) is 3. The third-order valence-corrected chi connectivity index (χ3v) is 4.17. The highest BCUT2D eigenvalue weighted by atomic mass is 32.2. The first kappa shape index (κ1) is 22.4. The first-order chi connectivity index (χ1) is 12.8. The highest BCUT2D eigenvalue weighted by molar-refractivity contribution is 7.98. The SMILES string of the molecule is COc1ccc(NC(=O)[C@H](C)OC(=O)[C@@H](CCSC)NC(N)=O)cc1OC. The fraction of sp³-hybridized carbons (Fsp3) is 0.471. The van der Waals surface area contributed by atoms with Crippen molar-refractivity contribution in [2.75, 3.05) is 31.5 Å². The Hall–Kier alpha value is -2.62. The molecule has 1 aromatic carbocycles. The van der Waals surface area contributed by atoms with E-state index in [0.717, 1.165) is 0 Å². The van der Waals surface area contributed by atoms with Crippen LogP contribution < -0.4 is 25.8 Å². The minimum atomic E-state index is -1.07. The number of primary amides is 1. The molecule has 0 spiro atoms. The second kappa shape index (κ2) is 11.2. The number of nitrogens with two attached hydrogens (primary N) is 1. The minimum Gasteiger partial charge on any atom is -0.493 e. The van der Waals surface area contributed by atoms with Gasteiger partial charge in [-0.3, -0.25) is 4.79 Å². The number of carbonyl (C=O) groups excluding carboxylic acids is 3. The van der Waals surface area contributed by atoms with Gasteiger partial charge in [-0.1, -0.05) is 0 Å². The Labute approximate surface area is 162 Å². The van der Waals surface area contributed by atoms with Gasteiger partial charge in [0.05, 0.1) is 14.2 Å². The zero-order valence-electron chi connectivity index (χ0n) is 15.7. The number of thioether (sulfide) groups is 1.